The number of likely N-dealkylation sites (N-methyl/N-ethyl adjacent to an activating group) is 1. The summed E-state index contributed by atoms with van der Waals surface area (Å²) in [4.78, 5) is 25.9. The van der Waals surface area contributed by atoms with E-state index in [-0.39, 0.29) is 17.2 Å². The van der Waals surface area contributed by atoms with Gasteiger partial charge < -0.3 is 15.0 Å². The number of sulfonamides is 1. The molecule has 10 heteroatoms. The van der Waals surface area contributed by atoms with Gasteiger partial charge in [0.1, 0.15) is 16.5 Å². The van der Waals surface area contributed by atoms with E-state index in [0.717, 1.165) is 19.3 Å². The van der Waals surface area contributed by atoms with Crippen molar-refractivity contribution < 1.29 is 27.1 Å². The molecule has 0 aromatic heterocycles. The maximum absolute atomic E-state index is 13.3. The van der Waals surface area contributed by atoms with Gasteiger partial charge in [-0.05, 0) is 54.8 Å². The van der Waals surface area contributed by atoms with Crippen molar-refractivity contribution in [3.63, 3.8) is 0 Å². The zero-order chi connectivity index (χ0) is 24.7. The maximum Gasteiger partial charge on any atom is 0.246 e. The van der Waals surface area contributed by atoms with E-state index in [1.165, 1.54) is 59.8 Å². The summed E-state index contributed by atoms with van der Waals surface area (Å²) in [6.07, 6.45) is 5.37. The van der Waals surface area contributed by atoms with Crippen LogP contribution in [0.4, 0.5) is 10.1 Å². The molecule has 0 saturated carbocycles. The van der Waals surface area contributed by atoms with Crippen molar-refractivity contribution in [1.82, 2.24) is 9.21 Å². The van der Waals surface area contributed by atoms with Crippen molar-refractivity contribution >= 4 is 33.6 Å². The largest absolute Gasteiger partial charge is 0.495 e. The van der Waals surface area contributed by atoms with E-state index in [4.69, 9.17) is 4.74 Å². The van der Waals surface area contributed by atoms with Crippen LogP contribution in [0.3, 0.4) is 0 Å². The van der Waals surface area contributed by atoms with Crippen molar-refractivity contribution in [2.24, 2.45) is 0 Å². The van der Waals surface area contributed by atoms with Gasteiger partial charge in [-0.2, -0.15) is 4.31 Å². The molecule has 1 N–H and O–H groups in total. The molecule has 0 aliphatic carbocycles. The average molecular weight is 490 g/mol. The standard InChI is InChI=1S/C24H28FN3O5S/c1-27(17-23(29)26-20-8-6-7-19(25)16-20)24(30)12-10-18-9-11-21(33-2)22(15-18)34(31,32)28-13-4-3-5-14-28/h6-12,15-16H,3-5,13-14,17H2,1-2H3,(H,26,29)/b12-10+. The second-order valence-electron chi connectivity index (χ2n) is 7.96. The van der Waals surface area contributed by atoms with Crippen molar-refractivity contribution in [2.45, 2.75) is 24.2 Å². The lowest BCUT2D eigenvalue weighted by molar-refractivity contribution is -0.129. The highest BCUT2D eigenvalue weighted by atomic mass is 32.2. The number of carbonyl (C=O) groups is 2. The topological polar surface area (TPSA) is 96.0 Å². The fourth-order valence-corrected chi connectivity index (χ4v) is 5.31. The van der Waals surface area contributed by atoms with Crippen LogP contribution in [0.25, 0.3) is 6.08 Å². The van der Waals surface area contributed by atoms with Crippen LogP contribution < -0.4 is 10.1 Å². The molecular weight excluding hydrogens is 461 g/mol. The first kappa shape index (κ1) is 25.4. The summed E-state index contributed by atoms with van der Waals surface area (Å²) in [6, 6.07) is 10.1. The lowest BCUT2D eigenvalue weighted by Crippen LogP contribution is -2.35. The Hall–Kier alpha value is -3.24. The Balaban J connectivity index is 1.68. The molecular formula is C24H28FN3O5S. The van der Waals surface area contributed by atoms with E-state index in [2.05, 4.69) is 5.32 Å². The third kappa shape index (κ3) is 6.42. The number of hydrogen-bond acceptors (Lipinski definition) is 5. The Morgan fingerprint density at radius 1 is 1.15 bits per heavy atom. The van der Waals surface area contributed by atoms with Gasteiger partial charge >= 0.3 is 0 Å². The van der Waals surface area contributed by atoms with Gasteiger partial charge in [0.2, 0.25) is 21.8 Å². The van der Waals surface area contributed by atoms with E-state index in [1.807, 2.05) is 0 Å². The maximum atomic E-state index is 13.3. The molecule has 1 fully saturated rings. The van der Waals surface area contributed by atoms with Crippen molar-refractivity contribution in [1.29, 1.82) is 0 Å². The Morgan fingerprint density at radius 3 is 2.56 bits per heavy atom. The van der Waals surface area contributed by atoms with Crippen molar-refractivity contribution in [3.05, 3.63) is 59.9 Å². The number of nitrogens with zero attached hydrogens (tertiary/aromatic N) is 2. The minimum Gasteiger partial charge on any atom is -0.495 e. The number of nitrogens with one attached hydrogen (secondary N) is 1. The van der Waals surface area contributed by atoms with Gasteiger partial charge in [0.25, 0.3) is 0 Å². The number of halogens is 1. The van der Waals surface area contributed by atoms with Gasteiger partial charge in [-0.1, -0.05) is 18.6 Å². The van der Waals surface area contributed by atoms with Crippen LogP contribution in [-0.2, 0) is 19.6 Å². The monoisotopic (exact) mass is 489 g/mol. The molecule has 182 valence electrons. The molecule has 0 bridgehead atoms. The predicted octanol–water partition coefficient (Wildman–Crippen LogP) is 3.12. The van der Waals surface area contributed by atoms with Gasteiger partial charge in [-0.3, -0.25) is 9.59 Å². The van der Waals surface area contributed by atoms with Crippen LogP contribution in [0, 0.1) is 5.82 Å². The summed E-state index contributed by atoms with van der Waals surface area (Å²) in [5.41, 5.74) is 0.796. The third-order valence-electron chi connectivity index (χ3n) is 5.40. The minimum absolute atomic E-state index is 0.0503. The number of ether oxygens (including phenoxy) is 1. The van der Waals surface area contributed by atoms with E-state index in [0.29, 0.717) is 24.3 Å². The van der Waals surface area contributed by atoms with Gasteiger partial charge in [-0.25, -0.2) is 12.8 Å². The number of hydrogen-bond donors (Lipinski definition) is 1. The van der Waals surface area contributed by atoms with Gasteiger partial charge in [0.15, 0.2) is 0 Å². The fourth-order valence-electron chi connectivity index (χ4n) is 3.60. The molecule has 1 saturated heterocycles. The second kappa shape index (κ2) is 11.3. The summed E-state index contributed by atoms with van der Waals surface area (Å²) in [7, 11) is -0.865. The lowest BCUT2D eigenvalue weighted by Gasteiger charge is -2.26. The summed E-state index contributed by atoms with van der Waals surface area (Å²) in [6.45, 7) is 0.690. The van der Waals surface area contributed by atoms with Crippen LogP contribution in [-0.4, -0.2) is 63.2 Å². The first-order chi connectivity index (χ1) is 16.2. The Kier molecular flexibility index (Phi) is 8.41. The van der Waals surface area contributed by atoms with Crippen LogP contribution in [0.15, 0.2) is 53.4 Å². The van der Waals surface area contributed by atoms with Gasteiger partial charge in [0, 0.05) is 31.9 Å². The van der Waals surface area contributed by atoms with Crippen LogP contribution in [0.1, 0.15) is 24.8 Å². The molecule has 0 atom stereocenters. The minimum atomic E-state index is -3.73. The lowest BCUT2D eigenvalue weighted by atomic mass is 10.2. The smallest absolute Gasteiger partial charge is 0.246 e. The molecule has 2 aromatic carbocycles. The number of anilines is 1. The molecule has 1 aliphatic heterocycles. The highest BCUT2D eigenvalue weighted by Crippen LogP contribution is 2.30. The SMILES string of the molecule is COc1ccc(/C=C/C(=O)N(C)CC(=O)Nc2cccc(F)c2)cc1S(=O)(=O)N1CCCCC1. The van der Waals surface area contributed by atoms with Crippen LogP contribution in [0.5, 0.6) is 5.75 Å². The molecule has 1 aliphatic rings. The zero-order valence-electron chi connectivity index (χ0n) is 19.2. The number of carbonyl (C=O) groups excluding carboxylic acids is 2. The first-order valence-corrected chi connectivity index (χ1v) is 12.3. The zero-order valence-corrected chi connectivity index (χ0v) is 20.0. The Bertz CT molecular complexity index is 1180. The van der Waals surface area contributed by atoms with Crippen LogP contribution >= 0.6 is 0 Å². The van der Waals surface area contributed by atoms with Gasteiger partial charge in [-0.15, -0.1) is 0 Å². The highest BCUT2D eigenvalue weighted by Gasteiger charge is 2.29. The molecule has 34 heavy (non-hydrogen) atoms. The summed E-state index contributed by atoms with van der Waals surface area (Å²) in [5.74, 6) is -1.17. The predicted molar refractivity (Wildman–Crippen MR) is 127 cm³/mol. The van der Waals surface area contributed by atoms with Gasteiger partial charge in [0.05, 0.1) is 13.7 Å². The molecule has 0 radical (unpaired) electrons. The number of benzene rings is 2. The molecule has 2 aromatic rings. The highest BCUT2D eigenvalue weighted by molar-refractivity contribution is 7.89. The molecule has 2 amide bonds. The summed E-state index contributed by atoms with van der Waals surface area (Å²) in [5, 5.41) is 2.53. The molecule has 3 rings (SSSR count). The Labute approximate surface area is 199 Å². The molecule has 8 nitrogen and oxygen atoms in total. The fraction of sp³-hybridized carbons (Fsp3) is 0.333. The third-order valence-corrected chi connectivity index (χ3v) is 7.32. The van der Waals surface area contributed by atoms with Crippen molar-refractivity contribution in [3.8, 4) is 5.75 Å². The second-order valence-corrected chi connectivity index (χ2v) is 9.87. The quantitative estimate of drug-likeness (QED) is 0.575. The molecule has 1 heterocycles. The number of methoxy groups -OCH3 is 1. The van der Waals surface area contributed by atoms with E-state index in [1.54, 1.807) is 18.2 Å². The normalized spacial score (nSPS) is 14.7. The number of amides is 2. The van der Waals surface area contributed by atoms with E-state index < -0.39 is 27.7 Å². The number of rotatable bonds is 8. The van der Waals surface area contributed by atoms with Crippen LogP contribution in [0.2, 0.25) is 0 Å². The summed E-state index contributed by atoms with van der Waals surface area (Å²) < 4.78 is 46.3. The van der Waals surface area contributed by atoms with Crippen molar-refractivity contribution in [2.75, 3.05) is 39.1 Å². The Morgan fingerprint density at radius 2 is 1.88 bits per heavy atom. The number of piperidine rings is 1. The first-order valence-electron chi connectivity index (χ1n) is 10.9. The van der Waals surface area contributed by atoms with E-state index >= 15 is 0 Å². The summed E-state index contributed by atoms with van der Waals surface area (Å²) >= 11 is 0. The average Bonchev–Trinajstić information content (AvgIpc) is 2.82. The molecule has 0 unspecified atom stereocenters. The molecule has 0 spiro atoms. The van der Waals surface area contributed by atoms with E-state index in [9.17, 15) is 22.4 Å².